The summed E-state index contributed by atoms with van der Waals surface area (Å²) in [5.41, 5.74) is 2.00. The Morgan fingerprint density at radius 2 is 1.32 bits per heavy atom. The first-order chi connectivity index (χ1) is 10.7. The van der Waals surface area contributed by atoms with Crippen molar-refractivity contribution in [1.29, 1.82) is 0 Å². The minimum atomic E-state index is -2.12. The van der Waals surface area contributed by atoms with Gasteiger partial charge in [0.1, 0.15) is 0 Å². The van der Waals surface area contributed by atoms with E-state index in [1.807, 2.05) is 60.7 Å². The summed E-state index contributed by atoms with van der Waals surface area (Å²) in [4.78, 5) is 0. The summed E-state index contributed by atoms with van der Waals surface area (Å²) in [5.74, 6) is -2.12. The van der Waals surface area contributed by atoms with E-state index in [-0.39, 0.29) is 13.0 Å². The number of benzene rings is 2. The molecule has 2 rings (SSSR count). The third kappa shape index (κ3) is 6.37. The minimum absolute atomic E-state index is 0.106. The van der Waals surface area contributed by atoms with E-state index >= 15 is 0 Å². The van der Waals surface area contributed by atoms with Crippen LogP contribution in [0.5, 0.6) is 0 Å². The second-order valence-electron chi connectivity index (χ2n) is 5.16. The van der Waals surface area contributed by atoms with Crippen LogP contribution in [0.25, 0.3) is 0 Å². The lowest BCUT2D eigenvalue weighted by atomic mass is 10.2. The summed E-state index contributed by atoms with van der Waals surface area (Å²) >= 11 is 0. The van der Waals surface area contributed by atoms with Crippen LogP contribution in [0.15, 0.2) is 60.7 Å². The maximum atomic E-state index is 9.77. The van der Waals surface area contributed by atoms with Crippen LogP contribution >= 0.6 is 0 Å². The summed E-state index contributed by atoms with van der Waals surface area (Å²) in [6.07, 6.45) is 0.614. The Morgan fingerprint density at radius 1 is 0.773 bits per heavy atom. The number of ether oxygens (including phenoxy) is 2. The van der Waals surface area contributed by atoms with Gasteiger partial charge in [0.25, 0.3) is 5.97 Å². The highest BCUT2D eigenvalue weighted by molar-refractivity contribution is 5.14. The Kier molecular flexibility index (Phi) is 6.55. The van der Waals surface area contributed by atoms with Crippen molar-refractivity contribution in [2.24, 2.45) is 0 Å². The van der Waals surface area contributed by atoms with Crippen LogP contribution in [0, 0.1) is 0 Å². The molecule has 0 radical (unpaired) electrons. The molecule has 0 aromatic heterocycles. The number of hydrogen-bond donors (Lipinski definition) is 2. The fraction of sp³-hybridized carbons (Fsp3) is 0.333. The molecule has 0 atom stereocenters. The minimum Gasteiger partial charge on any atom is -0.377 e. The van der Waals surface area contributed by atoms with E-state index in [4.69, 9.17) is 9.47 Å². The zero-order chi connectivity index (χ0) is 15.7. The van der Waals surface area contributed by atoms with E-state index in [1.54, 1.807) is 0 Å². The van der Waals surface area contributed by atoms with Crippen molar-refractivity contribution in [3.05, 3.63) is 71.8 Å². The van der Waals surface area contributed by atoms with Gasteiger partial charge in [-0.1, -0.05) is 60.7 Å². The zero-order valence-electron chi connectivity index (χ0n) is 12.5. The van der Waals surface area contributed by atoms with Crippen LogP contribution in [0.4, 0.5) is 0 Å². The predicted octanol–water partition coefficient (Wildman–Crippen LogP) is 2.84. The molecule has 118 valence electrons. The molecule has 2 aromatic rings. The maximum Gasteiger partial charge on any atom is 0.278 e. The number of aliphatic hydroxyl groups is 2. The van der Waals surface area contributed by atoms with E-state index in [0.717, 1.165) is 11.1 Å². The molecule has 0 bridgehead atoms. The van der Waals surface area contributed by atoms with Gasteiger partial charge in [-0.05, 0) is 17.5 Å². The molecular weight excluding hydrogens is 280 g/mol. The average Bonchev–Trinajstić information content (AvgIpc) is 2.55. The molecule has 2 aromatic carbocycles. The Balaban J connectivity index is 1.60. The summed E-state index contributed by atoms with van der Waals surface area (Å²) in [6.45, 7) is 1.14. The molecule has 0 amide bonds. The van der Waals surface area contributed by atoms with E-state index < -0.39 is 5.97 Å². The third-order valence-electron chi connectivity index (χ3n) is 3.22. The molecule has 0 saturated carbocycles. The van der Waals surface area contributed by atoms with Gasteiger partial charge < -0.3 is 19.7 Å². The topological polar surface area (TPSA) is 58.9 Å². The van der Waals surface area contributed by atoms with Crippen LogP contribution < -0.4 is 0 Å². The second kappa shape index (κ2) is 8.66. The quantitative estimate of drug-likeness (QED) is 0.552. The van der Waals surface area contributed by atoms with Gasteiger partial charge in [0.2, 0.25) is 0 Å². The predicted molar refractivity (Wildman–Crippen MR) is 83.7 cm³/mol. The van der Waals surface area contributed by atoms with Gasteiger partial charge in [0.05, 0.1) is 13.2 Å². The Hall–Kier alpha value is -1.72. The fourth-order valence-corrected chi connectivity index (χ4v) is 2.01. The van der Waals surface area contributed by atoms with Crippen molar-refractivity contribution in [2.75, 3.05) is 6.61 Å². The lowest BCUT2D eigenvalue weighted by Gasteiger charge is -2.21. The standard InChI is InChI=1S/C18H22O4/c19-18(20,22-15-17-10-5-2-6-11-17)12-7-13-21-14-16-8-3-1-4-9-16/h1-6,8-11,19-20H,7,12-15H2. The van der Waals surface area contributed by atoms with Crippen molar-refractivity contribution in [3.63, 3.8) is 0 Å². The molecule has 0 aliphatic carbocycles. The molecule has 22 heavy (non-hydrogen) atoms. The zero-order valence-corrected chi connectivity index (χ0v) is 12.5. The smallest absolute Gasteiger partial charge is 0.278 e. The van der Waals surface area contributed by atoms with Crippen molar-refractivity contribution < 1.29 is 19.7 Å². The first-order valence-corrected chi connectivity index (χ1v) is 7.40. The molecule has 2 N–H and O–H groups in total. The highest BCUT2D eigenvalue weighted by Gasteiger charge is 2.23. The number of rotatable bonds is 9. The highest BCUT2D eigenvalue weighted by atomic mass is 16.8. The Morgan fingerprint density at radius 3 is 1.91 bits per heavy atom. The highest BCUT2D eigenvalue weighted by Crippen LogP contribution is 2.14. The van der Waals surface area contributed by atoms with Gasteiger partial charge in [-0.2, -0.15) is 0 Å². The van der Waals surface area contributed by atoms with Crippen LogP contribution in [-0.2, 0) is 22.7 Å². The van der Waals surface area contributed by atoms with Crippen LogP contribution in [-0.4, -0.2) is 22.8 Å². The first kappa shape index (κ1) is 16.6. The molecule has 4 nitrogen and oxygen atoms in total. The summed E-state index contributed by atoms with van der Waals surface area (Å²) in [7, 11) is 0. The second-order valence-corrected chi connectivity index (χ2v) is 5.16. The molecule has 0 aliphatic heterocycles. The number of hydrogen-bond acceptors (Lipinski definition) is 4. The monoisotopic (exact) mass is 302 g/mol. The SMILES string of the molecule is OC(O)(CCCOCc1ccccc1)OCc1ccccc1. The first-order valence-electron chi connectivity index (χ1n) is 7.40. The average molecular weight is 302 g/mol. The molecule has 0 unspecified atom stereocenters. The van der Waals surface area contributed by atoms with E-state index in [2.05, 4.69) is 0 Å². The molecule has 0 aliphatic rings. The van der Waals surface area contributed by atoms with Crippen molar-refractivity contribution in [2.45, 2.75) is 32.0 Å². The van der Waals surface area contributed by atoms with Crippen LogP contribution in [0.2, 0.25) is 0 Å². The van der Waals surface area contributed by atoms with Gasteiger partial charge in [0, 0.05) is 13.0 Å². The van der Waals surface area contributed by atoms with Crippen LogP contribution in [0.1, 0.15) is 24.0 Å². The van der Waals surface area contributed by atoms with Crippen molar-refractivity contribution in [1.82, 2.24) is 0 Å². The third-order valence-corrected chi connectivity index (χ3v) is 3.22. The van der Waals surface area contributed by atoms with Gasteiger partial charge in [-0.25, -0.2) is 0 Å². The largest absolute Gasteiger partial charge is 0.377 e. The van der Waals surface area contributed by atoms with Gasteiger partial charge in [0.15, 0.2) is 0 Å². The van der Waals surface area contributed by atoms with E-state index in [1.165, 1.54) is 0 Å². The molecule has 0 fully saturated rings. The maximum absolute atomic E-state index is 9.77. The Labute approximate surface area is 130 Å². The van der Waals surface area contributed by atoms with Gasteiger partial charge in [-0.15, -0.1) is 0 Å². The molecule has 0 heterocycles. The van der Waals surface area contributed by atoms with E-state index in [9.17, 15) is 10.2 Å². The fourth-order valence-electron chi connectivity index (χ4n) is 2.01. The summed E-state index contributed by atoms with van der Waals surface area (Å²) in [6, 6.07) is 19.3. The van der Waals surface area contributed by atoms with Gasteiger partial charge >= 0.3 is 0 Å². The normalized spacial score (nSPS) is 11.5. The molecular formula is C18H22O4. The lowest BCUT2D eigenvalue weighted by Crippen LogP contribution is -2.32. The summed E-state index contributed by atoms with van der Waals surface area (Å²) < 4.78 is 10.6. The van der Waals surface area contributed by atoms with Crippen LogP contribution in [0.3, 0.4) is 0 Å². The Bertz CT molecular complexity index is 525. The lowest BCUT2D eigenvalue weighted by molar-refractivity contribution is -0.346. The van der Waals surface area contributed by atoms with Gasteiger partial charge in [-0.3, -0.25) is 0 Å². The van der Waals surface area contributed by atoms with Crippen molar-refractivity contribution in [3.8, 4) is 0 Å². The van der Waals surface area contributed by atoms with Crippen molar-refractivity contribution >= 4 is 0 Å². The molecule has 4 heteroatoms. The van der Waals surface area contributed by atoms with E-state index in [0.29, 0.717) is 19.6 Å². The summed E-state index contributed by atoms with van der Waals surface area (Å²) in [5, 5.41) is 19.5. The molecule has 0 saturated heterocycles. The molecule has 0 spiro atoms.